The van der Waals surface area contributed by atoms with E-state index in [1.54, 1.807) is 41.7 Å². The Bertz CT molecular complexity index is 1370. The summed E-state index contributed by atoms with van der Waals surface area (Å²) in [5.74, 6) is -0.677. The lowest BCUT2D eigenvalue weighted by atomic mass is 9.97. The van der Waals surface area contributed by atoms with Crippen LogP contribution in [0.15, 0.2) is 64.5 Å². The van der Waals surface area contributed by atoms with Gasteiger partial charge in [-0.05, 0) is 55.5 Å². The Labute approximate surface area is 192 Å². The van der Waals surface area contributed by atoms with Gasteiger partial charge in [0.1, 0.15) is 10.6 Å². The third kappa shape index (κ3) is 3.96. The van der Waals surface area contributed by atoms with Crippen LogP contribution in [0.3, 0.4) is 0 Å². The van der Waals surface area contributed by atoms with Crippen molar-refractivity contribution < 1.29 is 9.18 Å². The number of hydrogen-bond acceptors (Lipinski definition) is 5. The van der Waals surface area contributed by atoms with Crippen LogP contribution in [0.4, 0.5) is 10.1 Å². The fourth-order valence-corrected chi connectivity index (χ4v) is 6.09. The highest BCUT2D eigenvalue weighted by atomic mass is 32.2. The van der Waals surface area contributed by atoms with Crippen LogP contribution >= 0.6 is 23.1 Å². The Morgan fingerprint density at radius 1 is 1.09 bits per heavy atom. The number of para-hydroxylation sites is 2. The van der Waals surface area contributed by atoms with E-state index in [2.05, 4.69) is 5.32 Å². The Balaban J connectivity index is 1.56. The average Bonchev–Trinajstić information content (AvgIpc) is 3.18. The minimum Gasteiger partial charge on any atom is -0.325 e. The molecule has 4 aromatic rings. The molecule has 162 valence electrons. The molecule has 0 unspecified atom stereocenters. The molecule has 8 heteroatoms. The number of halogens is 1. The van der Waals surface area contributed by atoms with Gasteiger partial charge in [0, 0.05) is 10.6 Å². The quantitative estimate of drug-likeness (QED) is 0.325. The van der Waals surface area contributed by atoms with E-state index in [1.807, 2.05) is 18.2 Å². The highest BCUT2D eigenvalue weighted by molar-refractivity contribution is 7.99. The lowest BCUT2D eigenvalue weighted by Gasteiger charge is -2.14. The molecular formula is C24H20FN3O2S2. The second-order valence-electron chi connectivity index (χ2n) is 7.58. The largest absolute Gasteiger partial charge is 0.325 e. The van der Waals surface area contributed by atoms with Crippen molar-refractivity contribution in [3.05, 3.63) is 81.2 Å². The molecule has 5 nitrogen and oxygen atoms in total. The predicted molar refractivity (Wildman–Crippen MR) is 128 cm³/mol. The van der Waals surface area contributed by atoms with Crippen LogP contribution < -0.4 is 10.9 Å². The van der Waals surface area contributed by atoms with Gasteiger partial charge < -0.3 is 5.32 Å². The molecule has 0 atom stereocenters. The number of aryl methyl sites for hydroxylation is 2. The standard InChI is InChI=1S/C24H20FN3O2S2/c25-17-11-5-6-12-18(17)28-23(30)21-16-10-4-7-13-19(16)32-22(21)27-24(28)31-14-20(29)26-15-8-2-1-3-9-15/h1-3,5-6,8-9,11-12H,4,7,10,13-14H2,(H,26,29). The van der Waals surface area contributed by atoms with Gasteiger partial charge in [0.05, 0.1) is 16.8 Å². The van der Waals surface area contributed by atoms with Gasteiger partial charge in [0.2, 0.25) is 5.91 Å². The molecule has 1 aliphatic carbocycles. The first-order valence-corrected chi connectivity index (χ1v) is 12.2. The number of hydrogen-bond donors (Lipinski definition) is 1. The van der Waals surface area contributed by atoms with Crippen LogP contribution in [0.25, 0.3) is 15.9 Å². The molecule has 0 saturated carbocycles. The third-order valence-electron chi connectivity index (χ3n) is 5.44. The molecule has 1 N–H and O–H groups in total. The van der Waals surface area contributed by atoms with Crippen molar-refractivity contribution in [1.29, 1.82) is 0 Å². The number of amides is 1. The molecule has 2 heterocycles. The second-order valence-corrected chi connectivity index (χ2v) is 9.61. The van der Waals surface area contributed by atoms with Crippen LogP contribution in [0.2, 0.25) is 0 Å². The molecule has 5 rings (SSSR count). The van der Waals surface area contributed by atoms with Crippen molar-refractivity contribution in [2.75, 3.05) is 11.1 Å². The minimum absolute atomic E-state index is 0.0480. The van der Waals surface area contributed by atoms with Gasteiger partial charge in [-0.2, -0.15) is 0 Å². The second kappa shape index (κ2) is 8.88. The molecular weight excluding hydrogens is 445 g/mol. The van der Waals surface area contributed by atoms with Crippen molar-refractivity contribution >= 4 is 44.9 Å². The van der Waals surface area contributed by atoms with E-state index in [0.29, 0.717) is 21.1 Å². The van der Waals surface area contributed by atoms with Crippen LogP contribution in [0.5, 0.6) is 0 Å². The van der Waals surface area contributed by atoms with Crippen molar-refractivity contribution in [3.8, 4) is 5.69 Å². The first-order chi connectivity index (χ1) is 15.6. The number of carbonyl (C=O) groups is 1. The van der Waals surface area contributed by atoms with Crippen LogP contribution in [0, 0.1) is 5.82 Å². The first-order valence-electron chi connectivity index (χ1n) is 10.4. The molecule has 0 bridgehead atoms. The Morgan fingerprint density at radius 2 is 1.84 bits per heavy atom. The summed E-state index contributed by atoms with van der Waals surface area (Å²) in [4.78, 5) is 32.7. The van der Waals surface area contributed by atoms with Crippen LogP contribution in [-0.2, 0) is 17.6 Å². The summed E-state index contributed by atoms with van der Waals surface area (Å²) in [6, 6.07) is 15.3. The lowest BCUT2D eigenvalue weighted by Crippen LogP contribution is -2.24. The van der Waals surface area contributed by atoms with Crippen molar-refractivity contribution in [2.24, 2.45) is 0 Å². The number of nitrogens with zero attached hydrogens (tertiary/aromatic N) is 2. The molecule has 0 radical (unpaired) electrons. The molecule has 1 aliphatic rings. The number of rotatable bonds is 5. The molecule has 0 saturated heterocycles. The van der Waals surface area contributed by atoms with Crippen LogP contribution in [-0.4, -0.2) is 21.2 Å². The maximum atomic E-state index is 14.7. The number of carbonyl (C=O) groups excluding carboxylic acids is 1. The maximum absolute atomic E-state index is 14.7. The van der Waals surface area contributed by atoms with Gasteiger partial charge in [-0.1, -0.05) is 42.1 Å². The SMILES string of the molecule is O=C(CSc1nc2sc3c(c2c(=O)n1-c1ccccc1F)CCCC3)Nc1ccccc1. The Morgan fingerprint density at radius 3 is 2.66 bits per heavy atom. The molecule has 0 aliphatic heterocycles. The number of benzene rings is 2. The van der Waals surface area contributed by atoms with Gasteiger partial charge in [-0.3, -0.25) is 14.2 Å². The Kier molecular flexibility index (Phi) is 5.80. The van der Waals surface area contributed by atoms with E-state index in [0.717, 1.165) is 43.0 Å². The van der Waals surface area contributed by atoms with E-state index in [9.17, 15) is 14.0 Å². The predicted octanol–water partition coefficient (Wildman–Crippen LogP) is 5.20. The zero-order valence-corrected chi connectivity index (χ0v) is 18.8. The number of thioether (sulfide) groups is 1. The van der Waals surface area contributed by atoms with E-state index in [1.165, 1.54) is 15.5 Å². The van der Waals surface area contributed by atoms with Gasteiger partial charge in [-0.25, -0.2) is 9.37 Å². The summed E-state index contributed by atoms with van der Waals surface area (Å²) in [5.41, 5.74) is 1.62. The first kappa shape index (κ1) is 20.9. The zero-order chi connectivity index (χ0) is 22.1. The highest BCUT2D eigenvalue weighted by Crippen LogP contribution is 2.35. The van der Waals surface area contributed by atoms with Crippen LogP contribution in [0.1, 0.15) is 23.3 Å². The molecule has 0 spiro atoms. The van der Waals surface area contributed by atoms with Gasteiger partial charge in [-0.15, -0.1) is 11.3 Å². The zero-order valence-electron chi connectivity index (χ0n) is 17.1. The monoisotopic (exact) mass is 465 g/mol. The van der Waals surface area contributed by atoms with E-state index in [-0.39, 0.29) is 22.9 Å². The van der Waals surface area contributed by atoms with E-state index in [4.69, 9.17) is 4.98 Å². The lowest BCUT2D eigenvalue weighted by molar-refractivity contribution is -0.113. The fraction of sp³-hybridized carbons (Fsp3) is 0.208. The summed E-state index contributed by atoms with van der Waals surface area (Å²) in [6.07, 6.45) is 3.92. The van der Waals surface area contributed by atoms with Gasteiger partial charge in [0.15, 0.2) is 5.16 Å². The highest BCUT2D eigenvalue weighted by Gasteiger charge is 2.24. The summed E-state index contributed by atoms with van der Waals surface area (Å²) in [5, 5.41) is 3.73. The number of anilines is 1. The Hall–Kier alpha value is -2.97. The normalized spacial score (nSPS) is 13.2. The summed E-state index contributed by atoms with van der Waals surface area (Å²) < 4.78 is 16.0. The maximum Gasteiger partial charge on any atom is 0.267 e. The summed E-state index contributed by atoms with van der Waals surface area (Å²) in [6.45, 7) is 0. The number of aromatic nitrogens is 2. The topological polar surface area (TPSA) is 64.0 Å². The molecule has 1 amide bonds. The number of thiophene rings is 1. The third-order valence-corrected chi connectivity index (χ3v) is 7.57. The molecule has 0 fully saturated rings. The van der Waals surface area contributed by atoms with Crippen molar-refractivity contribution in [2.45, 2.75) is 30.8 Å². The smallest absolute Gasteiger partial charge is 0.267 e. The number of nitrogens with one attached hydrogen (secondary N) is 1. The van der Waals surface area contributed by atoms with Crippen molar-refractivity contribution in [3.63, 3.8) is 0 Å². The molecule has 32 heavy (non-hydrogen) atoms. The molecule has 2 aromatic heterocycles. The fourth-order valence-electron chi connectivity index (χ4n) is 3.98. The summed E-state index contributed by atoms with van der Waals surface area (Å²) in [7, 11) is 0. The molecule has 2 aromatic carbocycles. The van der Waals surface area contributed by atoms with Crippen molar-refractivity contribution in [1.82, 2.24) is 9.55 Å². The minimum atomic E-state index is -0.504. The summed E-state index contributed by atoms with van der Waals surface area (Å²) >= 11 is 2.67. The van der Waals surface area contributed by atoms with E-state index >= 15 is 0 Å². The van der Waals surface area contributed by atoms with Gasteiger partial charge in [0.25, 0.3) is 5.56 Å². The van der Waals surface area contributed by atoms with E-state index < -0.39 is 5.82 Å². The average molecular weight is 466 g/mol. The van der Waals surface area contributed by atoms with Gasteiger partial charge >= 0.3 is 0 Å². The number of fused-ring (bicyclic) bond motifs is 3.